The summed E-state index contributed by atoms with van der Waals surface area (Å²) in [6, 6.07) is 9.62. The normalized spacial score (nSPS) is 10.9. The van der Waals surface area contributed by atoms with Crippen LogP contribution in [0.5, 0.6) is 0 Å². The molecule has 0 N–H and O–H groups in total. The van der Waals surface area contributed by atoms with E-state index in [-0.39, 0.29) is 6.61 Å². The molecule has 0 saturated heterocycles. The molecular weight excluding hydrogens is 279 g/mol. The topological polar surface area (TPSA) is 26.3 Å². The lowest BCUT2D eigenvalue weighted by molar-refractivity contribution is -0.141. The van der Waals surface area contributed by atoms with E-state index in [1.165, 1.54) is 6.08 Å². The molecule has 0 aliphatic carbocycles. The summed E-state index contributed by atoms with van der Waals surface area (Å²) in [6.07, 6.45) is 1.46. The van der Waals surface area contributed by atoms with Gasteiger partial charge >= 0.3 is 5.97 Å². The predicted octanol–water partition coefficient (Wildman–Crippen LogP) is 3.78. The number of ether oxygens (including phenoxy) is 1. The number of alkyl halides is 2. The van der Waals surface area contributed by atoms with E-state index in [1.807, 2.05) is 30.3 Å². The second-order valence-electron chi connectivity index (χ2n) is 3.18. The quantitative estimate of drug-likeness (QED) is 0.453. The lowest BCUT2D eigenvalue weighted by Gasteiger charge is -2.16. The van der Waals surface area contributed by atoms with Crippen LogP contribution in [0.15, 0.2) is 43.0 Å². The van der Waals surface area contributed by atoms with Gasteiger partial charge in [-0.05, 0) is 5.56 Å². The van der Waals surface area contributed by atoms with Gasteiger partial charge in [-0.2, -0.15) is 0 Å². The third kappa shape index (κ3) is 5.02. The van der Waals surface area contributed by atoms with Crippen molar-refractivity contribution in [3.8, 4) is 0 Å². The van der Waals surface area contributed by atoms with Gasteiger partial charge in [-0.25, -0.2) is 4.79 Å². The second-order valence-corrected chi connectivity index (χ2v) is 6.14. The maximum atomic E-state index is 11.5. The first-order valence-electron chi connectivity index (χ1n) is 4.90. The van der Waals surface area contributed by atoms with Crippen molar-refractivity contribution in [3.63, 3.8) is 0 Å². The third-order valence-electron chi connectivity index (χ3n) is 1.83. The van der Waals surface area contributed by atoms with E-state index in [9.17, 15) is 4.79 Å². The molecule has 1 aromatic carbocycles. The molecule has 5 heteroatoms. The Kier molecular flexibility index (Phi) is 5.89. The van der Waals surface area contributed by atoms with Crippen molar-refractivity contribution in [1.29, 1.82) is 0 Å². The molecule has 0 aromatic heterocycles. The SMILES string of the molecule is C=CCOC(=O)C(Cl)(Cl)SCc1ccccc1. The molecule has 0 unspecified atom stereocenters. The van der Waals surface area contributed by atoms with E-state index >= 15 is 0 Å². The standard InChI is InChI=1S/C12H12Cl2O2S/c1-2-8-16-11(15)12(13,14)17-9-10-6-4-3-5-7-10/h2-7H,1,8-9H2. The molecule has 2 nitrogen and oxygen atoms in total. The van der Waals surface area contributed by atoms with Gasteiger partial charge in [0.1, 0.15) is 6.61 Å². The van der Waals surface area contributed by atoms with Gasteiger partial charge in [0.05, 0.1) is 0 Å². The van der Waals surface area contributed by atoms with E-state index in [4.69, 9.17) is 27.9 Å². The van der Waals surface area contributed by atoms with Gasteiger partial charge in [0, 0.05) is 5.75 Å². The maximum absolute atomic E-state index is 11.5. The minimum Gasteiger partial charge on any atom is -0.459 e. The van der Waals surface area contributed by atoms with E-state index in [0.717, 1.165) is 17.3 Å². The van der Waals surface area contributed by atoms with Crippen molar-refractivity contribution in [3.05, 3.63) is 48.6 Å². The first-order valence-corrected chi connectivity index (χ1v) is 6.64. The summed E-state index contributed by atoms with van der Waals surface area (Å²) < 4.78 is 3.22. The molecule has 0 aliphatic heterocycles. The average Bonchev–Trinajstić information content (AvgIpc) is 2.35. The van der Waals surface area contributed by atoms with Crippen molar-refractivity contribution in [2.75, 3.05) is 6.61 Å². The fourth-order valence-electron chi connectivity index (χ4n) is 1.03. The van der Waals surface area contributed by atoms with Crippen molar-refractivity contribution in [1.82, 2.24) is 0 Å². The number of esters is 1. The van der Waals surface area contributed by atoms with Gasteiger partial charge in [-0.15, -0.1) is 11.8 Å². The molecule has 0 fully saturated rings. The number of carbonyl (C=O) groups is 1. The summed E-state index contributed by atoms with van der Waals surface area (Å²) in [5.41, 5.74) is 1.04. The summed E-state index contributed by atoms with van der Waals surface area (Å²) in [7, 11) is 0. The highest BCUT2D eigenvalue weighted by atomic mass is 35.5. The fourth-order valence-corrected chi connectivity index (χ4v) is 2.18. The average molecular weight is 291 g/mol. The smallest absolute Gasteiger partial charge is 0.353 e. The predicted molar refractivity (Wildman–Crippen MR) is 73.3 cm³/mol. The first kappa shape index (κ1) is 14.4. The van der Waals surface area contributed by atoms with Crippen molar-refractivity contribution in [2.45, 2.75) is 9.42 Å². The lowest BCUT2D eigenvalue weighted by Crippen LogP contribution is -2.25. The molecular formula is C12H12Cl2O2S. The zero-order valence-electron chi connectivity index (χ0n) is 9.07. The Balaban J connectivity index is 2.49. The number of thioether (sulfide) groups is 1. The molecule has 1 rings (SSSR count). The van der Waals surface area contributed by atoms with Crippen LogP contribution in [0.25, 0.3) is 0 Å². The number of hydrogen-bond acceptors (Lipinski definition) is 3. The van der Waals surface area contributed by atoms with Crippen LogP contribution in [0, 0.1) is 0 Å². The summed E-state index contributed by atoms with van der Waals surface area (Å²) in [5, 5.41) is 0. The molecule has 0 atom stereocenters. The van der Waals surface area contributed by atoms with Crippen molar-refractivity contribution >= 4 is 40.9 Å². The van der Waals surface area contributed by atoms with E-state index < -0.39 is 9.63 Å². The fraction of sp³-hybridized carbons (Fsp3) is 0.250. The monoisotopic (exact) mass is 290 g/mol. The number of benzene rings is 1. The van der Waals surface area contributed by atoms with Crippen LogP contribution in [-0.4, -0.2) is 16.2 Å². The number of rotatable bonds is 6. The van der Waals surface area contributed by atoms with Crippen molar-refractivity contribution in [2.24, 2.45) is 0 Å². The molecule has 92 valence electrons. The highest BCUT2D eigenvalue weighted by Gasteiger charge is 2.36. The highest BCUT2D eigenvalue weighted by molar-refractivity contribution is 8.03. The number of halogens is 2. The Labute approximate surface area is 115 Å². The number of hydrogen-bond donors (Lipinski definition) is 0. The first-order chi connectivity index (χ1) is 8.06. The Morgan fingerprint density at radius 1 is 1.41 bits per heavy atom. The zero-order chi connectivity index (χ0) is 12.7. The molecule has 17 heavy (non-hydrogen) atoms. The Hall–Kier alpha value is -0.640. The van der Waals surface area contributed by atoms with E-state index in [0.29, 0.717) is 5.75 Å². The minimum atomic E-state index is -1.58. The van der Waals surface area contributed by atoms with Gasteiger partial charge in [0.25, 0.3) is 3.67 Å². The van der Waals surface area contributed by atoms with Gasteiger partial charge in [0.15, 0.2) is 0 Å². The Bertz CT molecular complexity index is 379. The molecule has 0 heterocycles. The van der Waals surface area contributed by atoms with E-state index in [2.05, 4.69) is 6.58 Å². The summed E-state index contributed by atoms with van der Waals surface area (Å²) in [4.78, 5) is 11.5. The van der Waals surface area contributed by atoms with Gasteiger partial charge in [-0.3, -0.25) is 0 Å². The van der Waals surface area contributed by atoms with Crippen LogP contribution in [0.1, 0.15) is 5.56 Å². The highest BCUT2D eigenvalue weighted by Crippen LogP contribution is 2.38. The molecule has 1 aromatic rings. The van der Waals surface area contributed by atoms with Gasteiger partial charge in [0.2, 0.25) is 0 Å². The van der Waals surface area contributed by atoms with Crippen LogP contribution in [-0.2, 0) is 15.3 Å². The summed E-state index contributed by atoms with van der Waals surface area (Å²) >= 11 is 12.9. The van der Waals surface area contributed by atoms with Crippen molar-refractivity contribution < 1.29 is 9.53 Å². The molecule has 0 amide bonds. The molecule has 0 spiro atoms. The van der Waals surface area contributed by atoms with Crippen LogP contribution in [0.3, 0.4) is 0 Å². The van der Waals surface area contributed by atoms with Crippen LogP contribution in [0.2, 0.25) is 0 Å². The minimum absolute atomic E-state index is 0.103. The Morgan fingerprint density at radius 3 is 2.65 bits per heavy atom. The maximum Gasteiger partial charge on any atom is 0.353 e. The largest absolute Gasteiger partial charge is 0.459 e. The van der Waals surface area contributed by atoms with E-state index in [1.54, 1.807) is 0 Å². The van der Waals surface area contributed by atoms with Crippen LogP contribution in [0.4, 0.5) is 0 Å². The molecule has 0 bridgehead atoms. The zero-order valence-corrected chi connectivity index (χ0v) is 11.4. The second kappa shape index (κ2) is 6.94. The third-order valence-corrected chi connectivity index (χ3v) is 3.80. The molecule has 0 aliphatic rings. The van der Waals surface area contributed by atoms with Crippen LogP contribution >= 0.6 is 35.0 Å². The van der Waals surface area contributed by atoms with Gasteiger partial charge in [-0.1, -0.05) is 66.2 Å². The molecule has 0 radical (unpaired) electrons. The summed E-state index contributed by atoms with van der Waals surface area (Å²) in [6.45, 7) is 3.54. The molecule has 0 saturated carbocycles. The lowest BCUT2D eigenvalue weighted by atomic mass is 10.2. The van der Waals surface area contributed by atoms with Crippen LogP contribution < -0.4 is 0 Å². The number of carbonyl (C=O) groups excluding carboxylic acids is 1. The van der Waals surface area contributed by atoms with Gasteiger partial charge < -0.3 is 4.74 Å². The summed E-state index contributed by atoms with van der Waals surface area (Å²) in [5.74, 6) is -0.126. The Morgan fingerprint density at radius 2 is 2.06 bits per heavy atom.